The van der Waals surface area contributed by atoms with Gasteiger partial charge in [0.25, 0.3) is 0 Å². The largest absolute Gasteiger partial charge is 0.424 e. The Bertz CT molecular complexity index is 494. The fourth-order valence-corrected chi connectivity index (χ4v) is 1.95. The summed E-state index contributed by atoms with van der Waals surface area (Å²) >= 11 is 0. The molecule has 2 aromatic rings. The number of nitrogens with one attached hydrogen (secondary N) is 2. The lowest BCUT2D eigenvalue weighted by atomic mass is 10.1. The minimum atomic E-state index is 0.367. The molecule has 0 aliphatic carbocycles. The van der Waals surface area contributed by atoms with E-state index in [2.05, 4.69) is 33.0 Å². The number of hydrazine groups is 1. The SMILES string of the molecule is c1cnc(Oc2ccc(C3CCNN3)cc2)nc1. The van der Waals surface area contributed by atoms with Crippen molar-refractivity contribution in [1.29, 1.82) is 0 Å². The van der Waals surface area contributed by atoms with Gasteiger partial charge in [-0.05, 0) is 30.2 Å². The first-order valence-corrected chi connectivity index (χ1v) is 5.95. The molecule has 2 N–H and O–H groups in total. The van der Waals surface area contributed by atoms with Crippen molar-refractivity contribution in [1.82, 2.24) is 20.8 Å². The molecule has 1 aliphatic heterocycles. The molecule has 1 aliphatic rings. The molecule has 0 radical (unpaired) electrons. The Kier molecular flexibility index (Phi) is 3.16. The maximum absolute atomic E-state index is 5.54. The van der Waals surface area contributed by atoms with Gasteiger partial charge in [0.2, 0.25) is 0 Å². The van der Waals surface area contributed by atoms with Crippen molar-refractivity contribution >= 4 is 0 Å². The van der Waals surface area contributed by atoms with Gasteiger partial charge in [-0.15, -0.1) is 0 Å². The summed E-state index contributed by atoms with van der Waals surface area (Å²) in [6.07, 6.45) is 4.41. The van der Waals surface area contributed by atoms with E-state index in [-0.39, 0.29) is 0 Å². The second-order valence-electron chi connectivity index (χ2n) is 4.11. The Hall–Kier alpha value is -1.98. The smallest absolute Gasteiger partial charge is 0.321 e. The summed E-state index contributed by atoms with van der Waals surface area (Å²) in [4.78, 5) is 8.04. The van der Waals surface area contributed by atoms with Crippen LogP contribution in [0.15, 0.2) is 42.7 Å². The Morgan fingerprint density at radius 1 is 1.11 bits per heavy atom. The highest BCUT2D eigenvalue weighted by Crippen LogP contribution is 2.23. The van der Waals surface area contributed by atoms with Crippen LogP contribution in [0.4, 0.5) is 0 Å². The molecule has 1 fully saturated rings. The molecule has 2 heterocycles. The van der Waals surface area contributed by atoms with Crippen LogP contribution in [-0.2, 0) is 0 Å². The highest BCUT2D eigenvalue weighted by atomic mass is 16.5. The van der Waals surface area contributed by atoms with Crippen molar-refractivity contribution in [3.05, 3.63) is 48.3 Å². The first-order valence-electron chi connectivity index (χ1n) is 5.95. The van der Waals surface area contributed by atoms with E-state index in [1.165, 1.54) is 5.56 Å². The molecule has 1 aromatic heterocycles. The molecule has 1 atom stereocenters. The zero-order valence-corrected chi connectivity index (χ0v) is 9.84. The molecule has 92 valence electrons. The maximum Gasteiger partial charge on any atom is 0.321 e. The summed E-state index contributed by atoms with van der Waals surface area (Å²) in [7, 11) is 0. The van der Waals surface area contributed by atoms with Gasteiger partial charge < -0.3 is 4.74 Å². The molecule has 0 spiro atoms. The molecule has 1 saturated heterocycles. The number of benzene rings is 1. The van der Waals surface area contributed by atoms with Crippen molar-refractivity contribution < 1.29 is 4.74 Å². The Labute approximate surface area is 105 Å². The van der Waals surface area contributed by atoms with Crippen LogP contribution in [0.1, 0.15) is 18.0 Å². The normalized spacial score (nSPS) is 18.8. The van der Waals surface area contributed by atoms with Gasteiger partial charge in [0.1, 0.15) is 5.75 Å². The lowest BCUT2D eigenvalue weighted by Crippen LogP contribution is -2.24. The fraction of sp³-hybridized carbons (Fsp3) is 0.231. The first-order chi connectivity index (χ1) is 8.92. The summed E-state index contributed by atoms with van der Waals surface area (Å²) in [5.41, 5.74) is 7.60. The lowest BCUT2D eigenvalue weighted by Gasteiger charge is -2.10. The number of hydrogen-bond acceptors (Lipinski definition) is 5. The Morgan fingerprint density at radius 3 is 2.56 bits per heavy atom. The molecule has 1 aromatic carbocycles. The van der Waals surface area contributed by atoms with Crippen molar-refractivity contribution in [2.24, 2.45) is 0 Å². The molecule has 5 nitrogen and oxygen atoms in total. The van der Waals surface area contributed by atoms with E-state index in [4.69, 9.17) is 4.74 Å². The summed E-state index contributed by atoms with van der Waals surface area (Å²) < 4.78 is 5.54. The van der Waals surface area contributed by atoms with Gasteiger partial charge in [-0.25, -0.2) is 9.97 Å². The number of aromatic nitrogens is 2. The highest BCUT2D eigenvalue weighted by Gasteiger charge is 2.15. The van der Waals surface area contributed by atoms with Gasteiger partial charge in [-0.3, -0.25) is 10.9 Å². The van der Waals surface area contributed by atoms with Gasteiger partial charge in [-0.1, -0.05) is 12.1 Å². The highest BCUT2D eigenvalue weighted by molar-refractivity contribution is 5.31. The van der Waals surface area contributed by atoms with Crippen LogP contribution in [0.25, 0.3) is 0 Å². The molecule has 1 unspecified atom stereocenters. The second-order valence-corrected chi connectivity index (χ2v) is 4.11. The summed E-state index contributed by atoms with van der Waals surface area (Å²) in [6, 6.07) is 10.5. The number of rotatable bonds is 3. The third-order valence-corrected chi connectivity index (χ3v) is 2.87. The molecule has 0 bridgehead atoms. The van der Waals surface area contributed by atoms with Crippen molar-refractivity contribution in [3.8, 4) is 11.8 Å². The third-order valence-electron chi connectivity index (χ3n) is 2.87. The molecule has 18 heavy (non-hydrogen) atoms. The average Bonchev–Trinajstić information content (AvgIpc) is 2.95. The molecular weight excluding hydrogens is 228 g/mol. The standard InChI is InChI=1S/C13H14N4O/c1-7-14-13(15-8-1)18-11-4-2-10(3-5-11)12-6-9-16-17-12/h1-5,7-8,12,16-17H,6,9H2. The Balaban J connectivity index is 1.71. The van der Waals surface area contributed by atoms with Crippen LogP contribution in [0.2, 0.25) is 0 Å². The summed E-state index contributed by atoms with van der Waals surface area (Å²) in [5, 5.41) is 0. The number of ether oxygens (including phenoxy) is 1. The predicted molar refractivity (Wildman–Crippen MR) is 67.0 cm³/mol. The van der Waals surface area contributed by atoms with E-state index in [0.29, 0.717) is 12.1 Å². The number of hydrogen-bond donors (Lipinski definition) is 2. The van der Waals surface area contributed by atoms with Crippen LogP contribution in [0, 0.1) is 0 Å². The maximum atomic E-state index is 5.54. The predicted octanol–water partition coefficient (Wildman–Crippen LogP) is 1.81. The van der Waals surface area contributed by atoms with Crippen molar-refractivity contribution in [2.45, 2.75) is 12.5 Å². The second kappa shape index (κ2) is 5.12. The summed E-state index contributed by atoms with van der Waals surface area (Å²) in [6.45, 7) is 1.00. The third kappa shape index (κ3) is 2.47. The first kappa shape index (κ1) is 11.1. The monoisotopic (exact) mass is 242 g/mol. The van der Waals surface area contributed by atoms with Crippen molar-refractivity contribution in [3.63, 3.8) is 0 Å². The molecular formula is C13H14N4O. The molecule has 0 saturated carbocycles. The van der Waals surface area contributed by atoms with Gasteiger partial charge >= 0.3 is 6.01 Å². The quantitative estimate of drug-likeness (QED) is 0.859. The topological polar surface area (TPSA) is 59.1 Å². The van der Waals surface area contributed by atoms with Gasteiger partial charge in [-0.2, -0.15) is 0 Å². The minimum absolute atomic E-state index is 0.367. The van der Waals surface area contributed by atoms with E-state index in [1.54, 1.807) is 18.5 Å². The lowest BCUT2D eigenvalue weighted by molar-refractivity contribution is 0.441. The van der Waals surface area contributed by atoms with E-state index >= 15 is 0 Å². The van der Waals surface area contributed by atoms with Gasteiger partial charge in [0, 0.05) is 25.0 Å². The van der Waals surface area contributed by atoms with Gasteiger partial charge in [0.15, 0.2) is 0 Å². The summed E-state index contributed by atoms with van der Waals surface area (Å²) in [5.74, 6) is 0.746. The van der Waals surface area contributed by atoms with E-state index in [9.17, 15) is 0 Å². The zero-order chi connectivity index (χ0) is 12.2. The zero-order valence-electron chi connectivity index (χ0n) is 9.84. The van der Waals surface area contributed by atoms with Crippen LogP contribution >= 0.6 is 0 Å². The minimum Gasteiger partial charge on any atom is -0.424 e. The number of nitrogens with zero attached hydrogens (tertiary/aromatic N) is 2. The van der Waals surface area contributed by atoms with Crippen molar-refractivity contribution in [2.75, 3.05) is 6.54 Å². The van der Waals surface area contributed by atoms with Gasteiger partial charge in [0.05, 0.1) is 0 Å². The Morgan fingerprint density at radius 2 is 1.89 bits per heavy atom. The van der Waals surface area contributed by atoms with E-state index in [0.717, 1.165) is 18.7 Å². The molecule has 5 heteroatoms. The van der Waals surface area contributed by atoms with E-state index in [1.807, 2.05) is 12.1 Å². The van der Waals surface area contributed by atoms with Crippen LogP contribution in [0.3, 0.4) is 0 Å². The average molecular weight is 242 g/mol. The van der Waals surface area contributed by atoms with Crippen LogP contribution < -0.4 is 15.6 Å². The molecule has 3 rings (SSSR count). The van der Waals surface area contributed by atoms with E-state index < -0.39 is 0 Å². The fourth-order valence-electron chi connectivity index (χ4n) is 1.95. The molecule has 0 amide bonds. The van der Waals surface area contributed by atoms with Crippen LogP contribution in [0.5, 0.6) is 11.8 Å². The van der Waals surface area contributed by atoms with Crippen LogP contribution in [-0.4, -0.2) is 16.5 Å².